The fourth-order valence-electron chi connectivity index (χ4n) is 2.01. The molecule has 3 nitrogen and oxygen atoms in total. The third-order valence-corrected chi connectivity index (χ3v) is 5.21. The summed E-state index contributed by atoms with van der Waals surface area (Å²) in [6.45, 7) is 4.51. The van der Waals surface area contributed by atoms with Crippen molar-refractivity contribution in [3.05, 3.63) is 11.4 Å². The van der Waals surface area contributed by atoms with Crippen molar-refractivity contribution >= 4 is 39.1 Å². The molecule has 1 unspecified atom stereocenters. The van der Waals surface area contributed by atoms with Gasteiger partial charge < -0.3 is 5.73 Å². The van der Waals surface area contributed by atoms with E-state index in [2.05, 4.69) is 23.8 Å². The molecule has 0 saturated carbocycles. The zero-order valence-electron chi connectivity index (χ0n) is 11.6. The van der Waals surface area contributed by atoms with Gasteiger partial charge in [-0.15, -0.1) is 11.3 Å². The first-order valence-electron chi connectivity index (χ1n) is 6.88. The van der Waals surface area contributed by atoms with Crippen molar-refractivity contribution in [3.8, 4) is 0 Å². The van der Waals surface area contributed by atoms with Crippen molar-refractivity contribution in [2.75, 3.05) is 11.5 Å². The van der Waals surface area contributed by atoms with Crippen LogP contribution in [0.3, 0.4) is 0 Å². The maximum atomic E-state index is 5.96. The molecular formula is C14H21N3S2. The van der Waals surface area contributed by atoms with E-state index in [9.17, 15) is 0 Å². The predicted octanol–water partition coefficient (Wildman–Crippen LogP) is 4.58. The molecule has 2 N–H and O–H groups in total. The molecule has 104 valence electrons. The number of nitrogen functional groups attached to an aromatic ring is 1. The van der Waals surface area contributed by atoms with Crippen LogP contribution in [0.15, 0.2) is 16.6 Å². The number of rotatable bonds is 7. The molecule has 2 rings (SSSR count). The Kier molecular flexibility index (Phi) is 5.45. The van der Waals surface area contributed by atoms with Crippen molar-refractivity contribution in [3.63, 3.8) is 0 Å². The first kappa shape index (κ1) is 14.6. The molecule has 2 aromatic heterocycles. The fraction of sp³-hybridized carbons (Fsp3) is 0.571. The largest absolute Gasteiger partial charge is 0.383 e. The molecule has 19 heavy (non-hydrogen) atoms. The van der Waals surface area contributed by atoms with Crippen molar-refractivity contribution in [2.45, 2.75) is 44.7 Å². The highest BCUT2D eigenvalue weighted by molar-refractivity contribution is 7.99. The molecular weight excluding hydrogens is 274 g/mol. The summed E-state index contributed by atoms with van der Waals surface area (Å²) >= 11 is 3.37. The highest BCUT2D eigenvalue weighted by Crippen LogP contribution is 2.28. The Balaban J connectivity index is 2.00. The van der Waals surface area contributed by atoms with Gasteiger partial charge in [-0.3, -0.25) is 0 Å². The maximum absolute atomic E-state index is 5.96. The van der Waals surface area contributed by atoms with E-state index in [0.29, 0.717) is 5.82 Å². The van der Waals surface area contributed by atoms with Crippen LogP contribution in [0.2, 0.25) is 0 Å². The molecule has 0 radical (unpaired) electrons. The number of nitrogens with zero attached hydrogens (tertiary/aromatic N) is 2. The van der Waals surface area contributed by atoms with Crippen molar-refractivity contribution < 1.29 is 0 Å². The summed E-state index contributed by atoms with van der Waals surface area (Å²) in [6.07, 6.45) is 5.11. The number of unbranched alkanes of at least 4 members (excludes halogenated alkanes) is 1. The summed E-state index contributed by atoms with van der Waals surface area (Å²) in [7, 11) is 0. The van der Waals surface area contributed by atoms with E-state index in [4.69, 9.17) is 5.73 Å². The molecule has 0 fully saturated rings. The van der Waals surface area contributed by atoms with E-state index in [0.717, 1.165) is 27.0 Å². The fourth-order valence-corrected chi connectivity index (χ4v) is 3.95. The van der Waals surface area contributed by atoms with Gasteiger partial charge in [-0.1, -0.05) is 44.9 Å². The smallest absolute Gasteiger partial charge is 0.190 e. The molecule has 0 aliphatic heterocycles. The minimum Gasteiger partial charge on any atom is -0.383 e. The van der Waals surface area contributed by atoms with Crippen molar-refractivity contribution in [2.24, 2.45) is 5.92 Å². The van der Waals surface area contributed by atoms with Crippen LogP contribution < -0.4 is 5.73 Å². The van der Waals surface area contributed by atoms with Crippen LogP contribution in [0.5, 0.6) is 0 Å². The second kappa shape index (κ2) is 7.10. The molecule has 2 heterocycles. The molecule has 0 aliphatic carbocycles. The second-order valence-corrected chi connectivity index (χ2v) is 6.64. The normalized spacial score (nSPS) is 12.9. The first-order chi connectivity index (χ1) is 9.24. The monoisotopic (exact) mass is 295 g/mol. The first-order valence-corrected chi connectivity index (χ1v) is 8.74. The SMILES string of the molecule is CCCCC(CC)CSc1nc(N)c2ccsc2n1. The Labute approximate surface area is 123 Å². The number of hydrogen-bond donors (Lipinski definition) is 1. The maximum Gasteiger partial charge on any atom is 0.190 e. The van der Waals surface area contributed by atoms with E-state index in [1.54, 1.807) is 23.1 Å². The molecule has 2 aromatic rings. The molecule has 0 amide bonds. The van der Waals surface area contributed by atoms with Gasteiger partial charge in [0.2, 0.25) is 0 Å². The number of anilines is 1. The van der Waals surface area contributed by atoms with Gasteiger partial charge in [-0.2, -0.15) is 0 Å². The average Bonchev–Trinajstić information content (AvgIpc) is 2.88. The summed E-state index contributed by atoms with van der Waals surface area (Å²) in [5.74, 6) is 2.46. The van der Waals surface area contributed by atoms with Crippen LogP contribution in [-0.4, -0.2) is 15.7 Å². The van der Waals surface area contributed by atoms with Gasteiger partial charge in [0.25, 0.3) is 0 Å². The van der Waals surface area contributed by atoms with E-state index >= 15 is 0 Å². The zero-order valence-corrected chi connectivity index (χ0v) is 13.2. The molecule has 0 saturated heterocycles. The molecule has 0 bridgehead atoms. The topological polar surface area (TPSA) is 51.8 Å². The van der Waals surface area contributed by atoms with E-state index in [1.165, 1.54) is 25.7 Å². The lowest BCUT2D eigenvalue weighted by atomic mass is 10.0. The van der Waals surface area contributed by atoms with Gasteiger partial charge in [0.1, 0.15) is 10.6 Å². The summed E-state index contributed by atoms with van der Waals surface area (Å²) in [5.41, 5.74) is 5.96. The summed E-state index contributed by atoms with van der Waals surface area (Å²) in [5, 5.41) is 3.81. The van der Waals surface area contributed by atoms with Crippen LogP contribution in [0, 0.1) is 5.92 Å². The van der Waals surface area contributed by atoms with Gasteiger partial charge >= 0.3 is 0 Å². The van der Waals surface area contributed by atoms with E-state index < -0.39 is 0 Å². The average molecular weight is 295 g/mol. The third-order valence-electron chi connectivity index (χ3n) is 3.33. The Morgan fingerprint density at radius 3 is 2.95 bits per heavy atom. The minimum absolute atomic E-state index is 0.607. The highest BCUT2D eigenvalue weighted by atomic mass is 32.2. The van der Waals surface area contributed by atoms with Crippen LogP contribution in [-0.2, 0) is 0 Å². The minimum atomic E-state index is 0.607. The Morgan fingerprint density at radius 1 is 1.37 bits per heavy atom. The Morgan fingerprint density at radius 2 is 2.21 bits per heavy atom. The van der Waals surface area contributed by atoms with Crippen LogP contribution in [0.4, 0.5) is 5.82 Å². The van der Waals surface area contributed by atoms with Gasteiger partial charge in [0.05, 0.1) is 5.39 Å². The molecule has 0 aromatic carbocycles. The summed E-state index contributed by atoms with van der Waals surface area (Å²) in [6, 6.07) is 1.99. The van der Waals surface area contributed by atoms with Gasteiger partial charge in [-0.25, -0.2) is 9.97 Å². The number of thiophene rings is 1. The Hall–Kier alpha value is -0.810. The second-order valence-electron chi connectivity index (χ2n) is 4.76. The molecule has 5 heteroatoms. The van der Waals surface area contributed by atoms with Crippen LogP contribution in [0.25, 0.3) is 10.2 Å². The van der Waals surface area contributed by atoms with Gasteiger partial charge in [-0.05, 0) is 23.8 Å². The molecule has 0 aliphatic rings. The number of thioether (sulfide) groups is 1. The quantitative estimate of drug-likeness (QED) is 0.600. The lowest BCUT2D eigenvalue weighted by molar-refractivity contribution is 0.499. The molecule has 1 atom stereocenters. The third kappa shape index (κ3) is 3.83. The van der Waals surface area contributed by atoms with E-state index in [-0.39, 0.29) is 0 Å². The number of aromatic nitrogens is 2. The predicted molar refractivity (Wildman–Crippen MR) is 85.9 cm³/mol. The van der Waals surface area contributed by atoms with Gasteiger partial charge in [0.15, 0.2) is 5.16 Å². The summed E-state index contributed by atoms with van der Waals surface area (Å²) in [4.78, 5) is 9.97. The van der Waals surface area contributed by atoms with Crippen LogP contribution >= 0.6 is 23.1 Å². The number of fused-ring (bicyclic) bond motifs is 1. The zero-order chi connectivity index (χ0) is 13.7. The van der Waals surface area contributed by atoms with E-state index in [1.807, 2.05) is 11.4 Å². The number of hydrogen-bond acceptors (Lipinski definition) is 5. The van der Waals surface area contributed by atoms with Crippen molar-refractivity contribution in [1.82, 2.24) is 9.97 Å². The van der Waals surface area contributed by atoms with Crippen molar-refractivity contribution in [1.29, 1.82) is 0 Å². The van der Waals surface area contributed by atoms with Crippen LogP contribution in [0.1, 0.15) is 39.5 Å². The summed E-state index contributed by atoms with van der Waals surface area (Å²) < 4.78 is 0. The van der Waals surface area contributed by atoms with Gasteiger partial charge in [0, 0.05) is 5.75 Å². The standard InChI is InChI=1S/C14H21N3S2/c1-3-5-6-10(4-2)9-19-14-16-12(15)11-7-8-18-13(11)17-14/h7-8,10H,3-6,9H2,1-2H3,(H2,15,16,17). The lowest BCUT2D eigenvalue weighted by Gasteiger charge is -2.13. The lowest BCUT2D eigenvalue weighted by Crippen LogP contribution is -2.03. The highest BCUT2D eigenvalue weighted by Gasteiger charge is 2.10. The molecule has 0 spiro atoms. The number of nitrogens with two attached hydrogens (primary N) is 1. The Bertz CT molecular complexity index is 524.